The second-order valence-electron chi connectivity index (χ2n) is 9.72. The second kappa shape index (κ2) is 12.5. The molecule has 2 heterocycles. The van der Waals surface area contributed by atoms with Crippen molar-refractivity contribution in [3.05, 3.63) is 113 Å². The van der Waals surface area contributed by atoms with E-state index in [0.717, 1.165) is 17.5 Å². The lowest BCUT2D eigenvalue weighted by molar-refractivity contribution is -0.123. The van der Waals surface area contributed by atoms with E-state index < -0.39 is 12.1 Å². The van der Waals surface area contributed by atoms with E-state index in [9.17, 15) is 14.4 Å². The Labute approximate surface area is 226 Å². The van der Waals surface area contributed by atoms with Crippen LogP contribution in [0.1, 0.15) is 30.4 Å². The minimum atomic E-state index is -0.512. The van der Waals surface area contributed by atoms with Crippen LogP contribution in [0.15, 0.2) is 96.1 Å². The fourth-order valence-electron chi connectivity index (χ4n) is 4.97. The van der Waals surface area contributed by atoms with Gasteiger partial charge in [0, 0.05) is 13.0 Å². The molecule has 0 spiro atoms. The molecule has 1 aliphatic rings. The molecule has 8 nitrogen and oxygen atoms in total. The van der Waals surface area contributed by atoms with Crippen molar-refractivity contribution in [1.29, 1.82) is 0 Å². The summed E-state index contributed by atoms with van der Waals surface area (Å²) < 4.78 is 13.2. The lowest BCUT2D eigenvalue weighted by Gasteiger charge is -2.40. The highest BCUT2D eigenvalue weighted by Gasteiger charge is 2.37. The van der Waals surface area contributed by atoms with Crippen molar-refractivity contribution < 1.29 is 19.1 Å². The highest BCUT2D eigenvalue weighted by Crippen LogP contribution is 2.26. The molecule has 0 aliphatic carbocycles. The number of amides is 1. The number of carbonyl (C=O) groups excluding carboxylic acids is 2. The Morgan fingerprint density at radius 3 is 2.28 bits per heavy atom. The number of likely N-dealkylation sites (tertiary alicyclic amines) is 1. The summed E-state index contributed by atoms with van der Waals surface area (Å²) in [6, 6.07) is 25.8. The van der Waals surface area contributed by atoms with Gasteiger partial charge in [-0.3, -0.25) is 14.2 Å². The van der Waals surface area contributed by atoms with Crippen molar-refractivity contribution in [2.24, 2.45) is 0 Å². The van der Waals surface area contributed by atoms with Crippen molar-refractivity contribution in [2.45, 2.75) is 51.2 Å². The first-order chi connectivity index (χ1) is 19.1. The first kappa shape index (κ1) is 26.3. The Bertz CT molecular complexity index is 1470. The standard InChI is InChI=1S/C31H31N3O5/c35-25(19-33-22-32-27-15-8-7-14-26(27)30(33)36)18-28-29(38-20-23-10-3-1-4-11-23)16-9-17-34(28)31(37)39-21-24-12-5-2-6-13-24/h1-8,10-15,22,28-29H,9,16-21H2/t28-,29-/m1/s1. The van der Waals surface area contributed by atoms with E-state index in [-0.39, 0.29) is 37.0 Å². The second-order valence-corrected chi connectivity index (χ2v) is 9.72. The van der Waals surface area contributed by atoms with Crippen molar-refractivity contribution in [1.82, 2.24) is 14.5 Å². The van der Waals surface area contributed by atoms with Gasteiger partial charge in [-0.05, 0) is 36.1 Å². The van der Waals surface area contributed by atoms with Crippen molar-refractivity contribution in [3.8, 4) is 0 Å². The summed E-state index contributed by atoms with van der Waals surface area (Å²) in [5.41, 5.74) is 2.21. The highest BCUT2D eigenvalue weighted by molar-refractivity contribution is 5.81. The van der Waals surface area contributed by atoms with Gasteiger partial charge in [-0.1, -0.05) is 72.8 Å². The van der Waals surface area contributed by atoms with Gasteiger partial charge >= 0.3 is 6.09 Å². The van der Waals surface area contributed by atoms with Crippen molar-refractivity contribution in [2.75, 3.05) is 6.54 Å². The summed E-state index contributed by atoms with van der Waals surface area (Å²) in [6.07, 6.45) is 2.06. The third kappa shape index (κ3) is 6.59. The van der Waals surface area contributed by atoms with Gasteiger partial charge in [0.25, 0.3) is 5.56 Å². The number of ether oxygens (including phenoxy) is 2. The fraction of sp³-hybridized carbons (Fsp3) is 0.290. The molecule has 0 radical (unpaired) electrons. The first-order valence-corrected chi connectivity index (χ1v) is 13.2. The number of hydrogen-bond acceptors (Lipinski definition) is 6. The number of rotatable bonds is 9. The Morgan fingerprint density at radius 2 is 1.54 bits per heavy atom. The molecular weight excluding hydrogens is 494 g/mol. The Morgan fingerprint density at radius 1 is 0.872 bits per heavy atom. The van der Waals surface area contributed by atoms with E-state index in [2.05, 4.69) is 4.98 Å². The fourth-order valence-corrected chi connectivity index (χ4v) is 4.97. The van der Waals surface area contributed by atoms with Crippen LogP contribution in [0.4, 0.5) is 4.79 Å². The van der Waals surface area contributed by atoms with Gasteiger partial charge in [-0.25, -0.2) is 9.78 Å². The summed E-state index contributed by atoms with van der Waals surface area (Å²) in [7, 11) is 0. The molecule has 4 aromatic rings. The Kier molecular flexibility index (Phi) is 8.43. The third-order valence-electron chi connectivity index (χ3n) is 6.98. The van der Waals surface area contributed by atoms with Gasteiger partial charge in [-0.2, -0.15) is 0 Å². The molecule has 1 saturated heterocycles. The first-order valence-electron chi connectivity index (χ1n) is 13.2. The number of piperidine rings is 1. The lowest BCUT2D eigenvalue weighted by atomic mass is 9.94. The summed E-state index contributed by atoms with van der Waals surface area (Å²) in [5.74, 6) is -0.185. The van der Waals surface area contributed by atoms with Crippen LogP contribution >= 0.6 is 0 Å². The maximum atomic E-state index is 13.3. The summed E-state index contributed by atoms with van der Waals surface area (Å²) in [6.45, 7) is 0.849. The van der Waals surface area contributed by atoms with Crippen LogP contribution in [0.25, 0.3) is 10.9 Å². The predicted molar refractivity (Wildman–Crippen MR) is 147 cm³/mol. The number of nitrogens with zero attached hydrogens (tertiary/aromatic N) is 3. The van der Waals surface area contributed by atoms with E-state index in [4.69, 9.17) is 9.47 Å². The normalized spacial score (nSPS) is 17.2. The molecule has 3 aromatic carbocycles. The van der Waals surface area contributed by atoms with Crippen LogP contribution in [0.3, 0.4) is 0 Å². The lowest BCUT2D eigenvalue weighted by Crippen LogP contribution is -2.53. The zero-order valence-electron chi connectivity index (χ0n) is 21.6. The average Bonchev–Trinajstić information content (AvgIpc) is 2.98. The molecule has 0 saturated carbocycles. The van der Waals surface area contributed by atoms with Crippen LogP contribution in [0.5, 0.6) is 0 Å². The number of carbonyl (C=O) groups is 2. The quantitative estimate of drug-likeness (QED) is 0.314. The predicted octanol–water partition coefficient (Wildman–Crippen LogP) is 4.74. The smallest absolute Gasteiger partial charge is 0.410 e. The molecule has 1 amide bonds. The number of Topliss-reactive ketones (excluding diaryl/α,β-unsaturated/α-hetero) is 1. The zero-order valence-corrected chi connectivity index (χ0v) is 21.6. The zero-order chi connectivity index (χ0) is 27.0. The molecule has 200 valence electrons. The Hall–Kier alpha value is -4.30. The molecule has 5 rings (SSSR count). The van der Waals surface area contributed by atoms with E-state index in [1.807, 2.05) is 66.7 Å². The molecule has 1 aliphatic heterocycles. The van der Waals surface area contributed by atoms with Crippen LogP contribution in [-0.4, -0.2) is 45.0 Å². The molecular formula is C31H31N3O5. The van der Waals surface area contributed by atoms with Crippen LogP contribution in [0.2, 0.25) is 0 Å². The number of fused-ring (bicyclic) bond motifs is 1. The minimum Gasteiger partial charge on any atom is -0.445 e. The summed E-state index contributed by atoms with van der Waals surface area (Å²) in [5, 5.41) is 0.459. The number of hydrogen-bond donors (Lipinski definition) is 0. The monoisotopic (exact) mass is 525 g/mol. The molecule has 1 fully saturated rings. The SMILES string of the molecule is O=C(C[C@@H]1[C@H](OCc2ccccc2)CCCN1C(=O)OCc1ccccc1)Cn1cnc2ccccc2c1=O. The molecule has 0 N–H and O–H groups in total. The van der Waals surface area contributed by atoms with Gasteiger partial charge in [0.15, 0.2) is 5.78 Å². The maximum absolute atomic E-state index is 13.3. The molecule has 8 heteroatoms. The maximum Gasteiger partial charge on any atom is 0.410 e. The Balaban J connectivity index is 1.32. The van der Waals surface area contributed by atoms with Crippen molar-refractivity contribution >= 4 is 22.8 Å². The molecule has 0 bridgehead atoms. The van der Waals surface area contributed by atoms with Gasteiger partial charge in [0.1, 0.15) is 6.61 Å². The average molecular weight is 526 g/mol. The van der Waals surface area contributed by atoms with Gasteiger partial charge in [0.05, 0.1) is 42.5 Å². The number of ketones is 1. The number of benzene rings is 3. The van der Waals surface area contributed by atoms with E-state index in [1.165, 1.54) is 10.9 Å². The summed E-state index contributed by atoms with van der Waals surface area (Å²) in [4.78, 5) is 45.4. The van der Waals surface area contributed by atoms with E-state index in [1.54, 1.807) is 23.1 Å². The van der Waals surface area contributed by atoms with Crippen molar-refractivity contribution in [3.63, 3.8) is 0 Å². The van der Waals surface area contributed by atoms with Crippen LogP contribution in [-0.2, 0) is 34.0 Å². The topological polar surface area (TPSA) is 90.7 Å². The van der Waals surface area contributed by atoms with Crippen LogP contribution in [0, 0.1) is 0 Å². The van der Waals surface area contributed by atoms with Crippen LogP contribution < -0.4 is 5.56 Å². The third-order valence-corrected chi connectivity index (χ3v) is 6.98. The van der Waals surface area contributed by atoms with Gasteiger partial charge in [0.2, 0.25) is 0 Å². The molecule has 2 atom stereocenters. The van der Waals surface area contributed by atoms with E-state index >= 15 is 0 Å². The molecule has 0 unspecified atom stereocenters. The number of para-hydroxylation sites is 1. The molecule has 1 aromatic heterocycles. The van der Waals surface area contributed by atoms with E-state index in [0.29, 0.717) is 30.5 Å². The van der Waals surface area contributed by atoms with Gasteiger partial charge < -0.3 is 14.4 Å². The highest BCUT2D eigenvalue weighted by atomic mass is 16.6. The number of aromatic nitrogens is 2. The molecule has 39 heavy (non-hydrogen) atoms. The largest absolute Gasteiger partial charge is 0.445 e. The minimum absolute atomic E-state index is 0.0408. The van der Waals surface area contributed by atoms with Gasteiger partial charge in [-0.15, -0.1) is 0 Å². The summed E-state index contributed by atoms with van der Waals surface area (Å²) >= 11 is 0.